The Morgan fingerprint density at radius 3 is 2.36 bits per heavy atom. The number of amides is 1. The van der Waals surface area contributed by atoms with Gasteiger partial charge in [0.1, 0.15) is 11.3 Å². The van der Waals surface area contributed by atoms with Crippen LogP contribution in [0.2, 0.25) is 0 Å². The van der Waals surface area contributed by atoms with Crippen LogP contribution in [0.15, 0.2) is 94.1 Å². The smallest absolute Gasteiger partial charge is 0.336 e. The molecular formula is C23H17NO4. The molecule has 0 atom stereocenters. The van der Waals surface area contributed by atoms with Gasteiger partial charge in [-0.05, 0) is 35.4 Å². The Bertz CT molecular complexity index is 1170. The molecule has 138 valence electrons. The molecule has 1 aromatic heterocycles. The molecular weight excluding hydrogens is 354 g/mol. The summed E-state index contributed by atoms with van der Waals surface area (Å²) in [4.78, 5) is 24.0. The first-order valence-electron chi connectivity index (χ1n) is 8.80. The average molecular weight is 371 g/mol. The molecule has 0 fully saturated rings. The molecule has 0 aliphatic heterocycles. The maximum absolute atomic E-state index is 12.0. The van der Waals surface area contributed by atoms with E-state index in [9.17, 15) is 9.59 Å². The highest BCUT2D eigenvalue weighted by molar-refractivity contribution is 5.94. The van der Waals surface area contributed by atoms with E-state index in [4.69, 9.17) is 9.15 Å². The molecule has 0 saturated heterocycles. The van der Waals surface area contributed by atoms with Crippen LogP contribution < -0.4 is 15.7 Å². The zero-order chi connectivity index (χ0) is 19.3. The van der Waals surface area contributed by atoms with Crippen molar-refractivity contribution in [2.45, 2.75) is 0 Å². The first-order chi connectivity index (χ1) is 13.7. The van der Waals surface area contributed by atoms with Crippen LogP contribution in [0.1, 0.15) is 0 Å². The number of nitrogens with one attached hydrogen (secondary N) is 1. The number of hydrogen-bond donors (Lipinski definition) is 1. The molecule has 5 nitrogen and oxygen atoms in total. The average Bonchev–Trinajstić information content (AvgIpc) is 2.73. The van der Waals surface area contributed by atoms with Gasteiger partial charge in [-0.3, -0.25) is 4.79 Å². The minimum Gasteiger partial charge on any atom is -0.484 e. The van der Waals surface area contributed by atoms with Crippen LogP contribution in [0.5, 0.6) is 5.75 Å². The van der Waals surface area contributed by atoms with E-state index in [1.54, 1.807) is 24.3 Å². The summed E-state index contributed by atoms with van der Waals surface area (Å²) in [5.74, 6) is 0.176. The van der Waals surface area contributed by atoms with Crippen LogP contribution in [0.3, 0.4) is 0 Å². The van der Waals surface area contributed by atoms with Gasteiger partial charge in [0, 0.05) is 23.2 Å². The molecule has 1 heterocycles. The normalized spacial score (nSPS) is 10.6. The highest BCUT2D eigenvalue weighted by Gasteiger charge is 2.10. The lowest BCUT2D eigenvalue weighted by Gasteiger charge is -2.09. The number of hydrogen-bond acceptors (Lipinski definition) is 4. The van der Waals surface area contributed by atoms with E-state index in [1.807, 2.05) is 54.6 Å². The van der Waals surface area contributed by atoms with Crippen LogP contribution in [-0.2, 0) is 4.79 Å². The van der Waals surface area contributed by atoms with Crippen molar-refractivity contribution in [1.29, 1.82) is 0 Å². The Morgan fingerprint density at radius 2 is 1.61 bits per heavy atom. The molecule has 1 amide bonds. The van der Waals surface area contributed by atoms with Gasteiger partial charge >= 0.3 is 5.63 Å². The van der Waals surface area contributed by atoms with Crippen molar-refractivity contribution in [3.05, 3.63) is 95.3 Å². The quantitative estimate of drug-likeness (QED) is 0.525. The van der Waals surface area contributed by atoms with Gasteiger partial charge in [-0.1, -0.05) is 48.5 Å². The fourth-order valence-electron chi connectivity index (χ4n) is 2.96. The van der Waals surface area contributed by atoms with Gasteiger partial charge in [0.25, 0.3) is 5.91 Å². The second-order valence-corrected chi connectivity index (χ2v) is 6.21. The second kappa shape index (κ2) is 7.80. The number of para-hydroxylation sites is 1. The van der Waals surface area contributed by atoms with Gasteiger partial charge in [-0.15, -0.1) is 0 Å². The van der Waals surface area contributed by atoms with Crippen molar-refractivity contribution in [3.63, 3.8) is 0 Å². The minimum atomic E-state index is -0.440. The highest BCUT2D eigenvalue weighted by Crippen LogP contribution is 2.29. The van der Waals surface area contributed by atoms with Gasteiger partial charge in [-0.2, -0.15) is 0 Å². The fourth-order valence-corrected chi connectivity index (χ4v) is 2.96. The first-order valence-corrected chi connectivity index (χ1v) is 8.80. The van der Waals surface area contributed by atoms with Crippen LogP contribution in [-0.4, -0.2) is 12.5 Å². The molecule has 1 N–H and O–H groups in total. The van der Waals surface area contributed by atoms with Crippen molar-refractivity contribution in [1.82, 2.24) is 0 Å². The van der Waals surface area contributed by atoms with Crippen LogP contribution in [0.25, 0.3) is 22.1 Å². The molecule has 4 rings (SSSR count). The molecule has 0 radical (unpaired) electrons. The summed E-state index contributed by atoms with van der Waals surface area (Å²) in [6.45, 7) is -0.150. The third-order valence-corrected chi connectivity index (χ3v) is 4.23. The van der Waals surface area contributed by atoms with Gasteiger partial charge in [0.05, 0.1) is 0 Å². The first kappa shape index (κ1) is 17.5. The number of fused-ring (bicyclic) bond motifs is 1. The second-order valence-electron chi connectivity index (χ2n) is 6.21. The van der Waals surface area contributed by atoms with Crippen molar-refractivity contribution in [2.75, 3.05) is 11.9 Å². The Kier molecular flexibility index (Phi) is 4.89. The maximum Gasteiger partial charge on any atom is 0.336 e. The van der Waals surface area contributed by atoms with Crippen molar-refractivity contribution >= 4 is 22.6 Å². The predicted molar refractivity (Wildman–Crippen MR) is 108 cm³/mol. The van der Waals surface area contributed by atoms with Crippen LogP contribution >= 0.6 is 0 Å². The number of carbonyl (C=O) groups is 1. The summed E-state index contributed by atoms with van der Waals surface area (Å²) < 4.78 is 10.9. The summed E-state index contributed by atoms with van der Waals surface area (Å²) in [5.41, 5.74) is 2.39. The molecule has 0 aliphatic carbocycles. The molecule has 3 aromatic carbocycles. The standard InChI is InChI=1S/C23H17NO4/c25-22(24-17-9-5-2-6-10-17)15-27-18-11-12-19-20(16-7-3-1-4-8-16)14-23(26)28-21(19)13-18/h1-14H,15H2,(H,24,25). The Hall–Kier alpha value is -3.86. The topological polar surface area (TPSA) is 68.5 Å². The van der Waals surface area contributed by atoms with E-state index in [1.165, 1.54) is 6.07 Å². The lowest BCUT2D eigenvalue weighted by molar-refractivity contribution is -0.118. The van der Waals surface area contributed by atoms with Crippen molar-refractivity contribution in [2.24, 2.45) is 0 Å². The lowest BCUT2D eigenvalue weighted by Crippen LogP contribution is -2.20. The van der Waals surface area contributed by atoms with Crippen LogP contribution in [0.4, 0.5) is 5.69 Å². The van der Waals surface area contributed by atoms with Crippen molar-refractivity contribution in [3.8, 4) is 16.9 Å². The summed E-state index contributed by atoms with van der Waals surface area (Å²) in [6.07, 6.45) is 0. The van der Waals surface area contributed by atoms with Gasteiger partial charge in [0.15, 0.2) is 6.61 Å². The molecule has 0 spiro atoms. The molecule has 5 heteroatoms. The Labute approximate surface area is 161 Å². The number of benzene rings is 3. The molecule has 0 aliphatic rings. The Morgan fingerprint density at radius 1 is 0.893 bits per heavy atom. The number of rotatable bonds is 5. The van der Waals surface area contributed by atoms with E-state index in [0.717, 1.165) is 16.5 Å². The van der Waals surface area contributed by atoms with E-state index in [-0.39, 0.29) is 12.5 Å². The van der Waals surface area contributed by atoms with Crippen molar-refractivity contribution < 1.29 is 13.9 Å². The van der Waals surface area contributed by atoms with Gasteiger partial charge < -0.3 is 14.5 Å². The van der Waals surface area contributed by atoms with E-state index in [0.29, 0.717) is 17.0 Å². The summed E-state index contributed by atoms with van der Waals surface area (Å²) in [5, 5.41) is 3.55. The van der Waals surface area contributed by atoms with E-state index < -0.39 is 5.63 Å². The molecule has 0 saturated carbocycles. The monoisotopic (exact) mass is 371 g/mol. The number of carbonyl (C=O) groups excluding carboxylic acids is 1. The van der Waals surface area contributed by atoms with E-state index >= 15 is 0 Å². The number of anilines is 1. The molecule has 0 bridgehead atoms. The largest absolute Gasteiger partial charge is 0.484 e. The highest BCUT2D eigenvalue weighted by atomic mass is 16.5. The molecule has 28 heavy (non-hydrogen) atoms. The third kappa shape index (κ3) is 3.94. The molecule has 0 unspecified atom stereocenters. The van der Waals surface area contributed by atoms with Crippen LogP contribution in [0, 0.1) is 0 Å². The van der Waals surface area contributed by atoms with E-state index in [2.05, 4.69) is 5.32 Å². The SMILES string of the molecule is O=C(COc1ccc2c(-c3ccccc3)cc(=O)oc2c1)Nc1ccccc1. The maximum atomic E-state index is 12.0. The Balaban J connectivity index is 1.55. The lowest BCUT2D eigenvalue weighted by atomic mass is 10.0. The predicted octanol–water partition coefficient (Wildman–Crippen LogP) is 4.48. The zero-order valence-electron chi connectivity index (χ0n) is 14.9. The fraction of sp³-hybridized carbons (Fsp3) is 0.0435. The third-order valence-electron chi connectivity index (χ3n) is 4.23. The summed E-state index contributed by atoms with van der Waals surface area (Å²) in [6, 6.07) is 25.5. The number of ether oxygens (including phenoxy) is 1. The van der Waals surface area contributed by atoms with Gasteiger partial charge in [0.2, 0.25) is 0 Å². The van der Waals surface area contributed by atoms with Gasteiger partial charge in [-0.25, -0.2) is 4.79 Å². The summed E-state index contributed by atoms with van der Waals surface area (Å²) >= 11 is 0. The molecule has 4 aromatic rings. The summed E-state index contributed by atoms with van der Waals surface area (Å²) in [7, 11) is 0. The minimum absolute atomic E-state index is 0.150. The zero-order valence-corrected chi connectivity index (χ0v) is 14.9.